The molecule has 0 aliphatic carbocycles. The molecule has 1 N–H and O–H groups in total. The van der Waals surface area contributed by atoms with E-state index in [0.717, 1.165) is 13.1 Å². The quantitative estimate of drug-likeness (QED) is 0.360. The van der Waals surface area contributed by atoms with E-state index in [1.807, 2.05) is 4.90 Å². The molecular formula is C21H24F3N7O4. The van der Waals surface area contributed by atoms with Crippen molar-refractivity contribution in [2.75, 3.05) is 42.5 Å². The summed E-state index contributed by atoms with van der Waals surface area (Å²) in [4.78, 5) is 49.5. The Kier molecular flexibility index (Phi) is 6.70. The maximum Gasteiger partial charge on any atom is 0.491 e. The first-order valence-electron chi connectivity index (χ1n) is 11.1. The van der Waals surface area contributed by atoms with Gasteiger partial charge in [-0.15, -0.1) is 5.92 Å². The van der Waals surface area contributed by atoms with Crippen molar-refractivity contribution in [2.24, 2.45) is 7.05 Å². The number of rotatable bonds is 4. The van der Waals surface area contributed by atoms with E-state index in [4.69, 9.17) is 0 Å². The molecule has 2 saturated heterocycles. The van der Waals surface area contributed by atoms with Crippen LogP contribution < -0.4 is 20.7 Å². The zero-order valence-electron chi connectivity index (χ0n) is 19.2. The largest absolute Gasteiger partial charge is 0.491 e. The number of carbonyl (C=O) groups is 2. The minimum absolute atomic E-state index is 0.0551. The third kappa shape index (κ3) is 4.68. The summed E-state index contributed by atoms with van der Waals surface area (Å²) in [5.41, 5.74) is -0.0693. The van der Waals surface area contributed by atoms with E-state index < -0.39 is 29.7 Å². The zero-order chi connectivity index (χ0) is 25.3. The Morgan fingerprint density at radius 1 is 1.17 bits per heavy atom. The van der Waals surface area contributed by atoms with Crippen LogP contribution in [0.5, 0.6) is 0 Å². The molecule has 2 aromatic heterocycles. The highest BCUT2D eigenvalue weighted by molar-refractivity contribution is 5.92. The molecule has 2 aliphatic rings. The molecule has 0 unspecified atom stereocenters. The van der Waals surface area contributed by atoms with E-state index in [0.29, 0.717) is 25.5 Å². The third-order valence-electron chi connectivity index (χ3n) is 5.96. The molecular weight excluding hydrogens is 471 g/mol. The number of anilines is 2. The second kappa shape index (κ2) is 9.57. The molecule has 11 nitrogen and oxygen atoms in total. The molecule has 0 aromatic carbocycles. The number of imidazole rings is 1. The van der Waals surface area contributed by atoms with E-state index in [1.54, 1.807) is 11.5 Å². The van der Waals surface area contributed by atoms with Crippen molar-refractivity contribution >= 4 is 35.0 Å². The number of piperazine rings is 1. The SMILES string of the molecule is CC#CCn1c(N2CCNCC2)nc2nc(N3CCC[C@@H]3C(=O)OC(=O)C(F)(F)F)n(C)c(=O)c21. The Labute approximate surface area is 197 Å². The topological polar surface area (TPSA) is 115 Å². The number of hydrogen-bond donors (Lipinski definition) is 1. The number of fused-ring (bicyclic) bond motifs is 1. The van der Waals surface area contributed by atoms with E-state index >= 15 is 0 Å². The Bertz CT molecular complexity index is 1270. The highest BCUT2D eigenvalue weighted by Gasteiger charge is 2.45. The van der Waals surface area contributed by atoms with Crippen molar-refractivity contribution in [3.05, 3.63) is 10.4 Å². The van der Waals surface area contributed by atoms with Gasteiger partial charge < -0.3 is 19.9 Å². The van der Waals surface area contributed by atoms with E-state index in [2.05, 4.69) is 31.9 Å². The van der Waals surface area contributed by atoms with E-state index in [9.17, 15) is 27.6 Å². The molecule has 2 fully saturated rings. The second-order valence-corrected chi connectivity index (χ2v) is 8.17. The molecule has 2 aromatic rings. The summed E-state index contributed by atoms with van der Waals surface area (Å²) in [5, 5.41) is 3.25. The molecule has 0 bridgehead atoms. The average molecular weight is 495 g/mol. The Morgan fingerprint density at radius 2 is 1.86 bits per heavy atom. The fourth-order valence-corrected chi connectivity index (χ4v) is 4.28. The first-order valence-corrected chi connectivity index (χ1v) is 11.1. The summed E-state index contributed by atoms with van der Waals surface area (Å²) in [6.07, 6.45) is -4.72. The van der Waals surface area contributed by atoms with Crippen LogP contribution in [0.1, 0.15) is 19.8 Å². The van der Waals surface area contributed by atoms with Crippen LogP contribution >= 0.6 is 0 Å². The lowest BCUT2D eigenvalue weighted by Crippen LogP contribution is -2.44. The van der Waals surface area contributed by atoms with Crippen molar-refractivity contribution in [1.29, 1.82) is 0 Å². The van der Waals surface area contributed by atoms with Gasteiger partial charge in [0.2, 0.25) is 11.9 Å². The number of halogens is 3. The number of nitrogens with one attached hydrogen (secondary N) is 1. The van der Waals surface area contributed by atoms with Gasteiger partial charge in [0.25, 0.3) is 5.56 Å². The fourth-order valence-electron chi connectivity index (χ4n) is 4.28. The predicted octanol–water partition coefficient (Wildman–Crippen LogP) is 0.164. The minimum atomic E-state index is -5.29. The minimum Gasteiger partial charge on any atom is -0.385 e. The van der Waals surface area contributed by atoms with Crippen LogP contribution in [0.25, 0.3) is 11.2 Å². The van der Waals surface area contributed by atoms with Crippen LogP contribution in [0, 0.1) is 11.8 Å². The van der Waals surface area contributed by atoms with Gasteiger partial charge in [-0.25, -0.2) is 9.59 Å². The van der Waals surface area contributed by atoms with Crippen molar-refractivity contribution < 1.29 is 27.5 Å². The van der Waals surface area contributed by atoms with Gasteiger partial charge in [0.15, 0.2) is 11.2 Å². The highest BCUT2D eigenvalue weighted by Crippen LogP contribution is 2.28. The van der Waals surface area contributed by atoms with Gasteiger partial charge in [-0.1, -0.05) is 5.92 Å². The molecule has 188 valence electrons. The number of nitrogens with zero attached hydrogens (tertiary/aromatic N) is 6. The summed E-state index contributed by atoms with van der Waals surface area (Å²) >= 11 is 0. The average Bonchev–Trinajstić information content (AvgIpc) is 3.45. The fraction of sp³-hybridized carbons (Fsp3) is 0.571. The predicted molar refractivity (Wildman–Crippen MR) is 119 cm³/mol. The number of hydrogen-bond acceptors (Lipinski definition) is 9. The van der Waals surface area contributed by atoms with Crippen LogP contribution in [0.15, 0.2) is 4.79 Å². The number of ether oxygens (including phenoxy) is 1. The smallest absolute Gasteiger partial charge is 0.385 e. The van der Waals surface area contributed by atoms with E-state index in [1.165, 1.54) is 16.5 Å². The molecule has 14 heteroatoms. The van der Waals surface area contributed by atoms with Crippen molar-refractivity contribution in [3.8, 4) is 11.8 Å². The van der Waals surface area contributed by atoms with Crippen LogP contribution in [0.3, 0.4) is 0 Å². The molecule has 1 atom stereocenters. The summed E-state index contributed by atoms with van der Waals surface area (Å²) in [7, 11) is 1.46. The van der Waals surface area contributed by atoms with Gasteiger partial charge in [0.05, 0.1) is 6.54 Å². The van der Waals surface area contributed by atoms with Crippen LogP contribution in [0.2, 0.25) is 0 Å². The number of esters is 2. The van der Waals surface area contributed by atoms with Crippen LogP contribution in [-0.4, -0.2) is 76.0 Å². The molecule has 4 heterocycles. The van der Waals surface area contributed by atoms with Gasteiger partial charge in [-0.05, 0) is 19.8 Å². The van der Waals surface area contributed by atoms with Crippen molar-refractivity contribution in [2.45, 2.75) is 38.5 Å². The molecule has 4 rings (SSSR count). The number of carbonyl (C=O) groups excluding carboxylic acids is 2. The first kappa shape index (κ1) is 24.5. The van der Waals surface area contributed by atoms with Crippen molar-refractivity contribution in [1.82, 2.24) is 24.4 Å². The standard InChI is InChI=1S/C21H24F3N7O4/c1-3-4-9-31-14-15(27-20(31)29-11-7-25-8-12-29)26-19(28(2)16(14)32)30-10-5-6-13(30)17(33)35-18(34)21(22,23)24/h13,25H,5-12H2,1-2H3/t13-/m1/s1. The summed E-state index contributed by atoms with van der Waals surface area (Å²) in [6.45, 7) is 4.97. The second-order valence-electron chi connectivity index (χ2n) is 8.17. The van der Waals surface area contributed by atoms with Crippen molar-refractivity contribution in [3.63, 3.8) is 0 Å². The summed E-state index contributed by atoms with van der Waals surface area (Å²) in [6, 6.07) is -1.20. The maximum atomic E-state index is 13.4. The lowest BCUT2D eigenvalue weighted by Gasteiger charge is -2.28. The molecule has 0 spiro atoms. The highest BCUT2D eigenvalue weighted by atomic mass is 19.4. The lowest BCUT2D eigenvalue weighted by atomic mass is 10.2. The van der Waals surface area contributed by atoms with Gasteiger partial charge in [-0.2, -0.15) is 23.1 Å². The van der Waals surface area contributed by atoms with Gasteiger partial charge in [-0.3, -0.25) is 13.9 Å². The molecule has 35 heavy (non-hydrogen) atoms. The van der Waals surface area contributed by atoms with Gasteiger partial charge in [0.1, 0.15) is 6.04 Å². The van der Waals surface area contributed by atoms with E-state index in [-0.39, 0.29) is 36.6 Å². The van der Waals surface area contributed by atoms with Gasteiger partial charge in [0, 0.05) is 39.8 Å². The Morgan fingerprint density at radius 3 is 2.51 bits per heavy atom. The molecule has 0 saturated carbocycles. The molecule has 0 radical (unpaired) electrons. The van der Waals surface area contributed by atoms with Crippen LogP contribution in [-0.2, 0) is 27.9 Å². The molecule has 2 aliphatic heterocycles. The summed E-state index contributed by atoms with van der Waals surface area (Å²) < 4.78 is 44.7. The number of aromatic nitrogens is 4. The zero-order valence-corrected chi connectivity index (χ0v) is 19.2. The third-order valence-corrected chi connectivity index (χ3v) is 5.96. The van der Waals surface area contributed by atoms with Gasteiger partial charge >= 0.3 is 18.1 Å². The lowest BCUT2D eigenvalue weighted by molar-refractivity contribution is -0.202. The normalized spacial score (nSPS) is 18.5. The summed E-state index contributed by atoms with van der Waals surface area (Å²) in [5.74, 6) is 2.43. The maximum absolute atomic E-state index is 13.4. The monoisotopic (exact) mass is 495 g/mol. The first-order chi connectivity index (χ1) is 16.6. The Balaban J connectivity index is 1.75. The number of alkyl halides is 3. The Hall–Kier alpha value is -3.60. The molecule has 0 amide bonds. The van der Waals surface area contributed by atoms with Crippen LogP contribution in [0.4, 0.5) is 25.1 Å².